The molecule has 1 aliphatic rings. The molecule has 1 fully saturated rings. The first-order chi connectivity index (χ1) is 12.6. The summed E-state index contributed by atoms with van der Waals surface area (Å²) in [5.41, 5.74) is 2.83. The van der Waals surface area contributed by atoms with Crippen LogP contribution in [0.15, 0.2) is 18.2 Å². The van der Waals surface area contributed by atoms with E-state index in [0.717, 1.165) is 23.4 Å². The monoisotopic (exact) mass is 358 g/mol. The van der Waals surface area contributed by atoms with Crippen molar-refractivity contribution in [3.05, 3.63) is 52.2 Å². The second kappa shape index (κ2) is 7.75. The summed E-state index contributed by atoms with van der Waals surface area (Å²) in [6, 6.07) is 6.03. The molecule has 1 aromatic heterocycles. The van der Waals surface area contributed by atoms with Crippen molar-refractivity contribution in [3.63, 3.8) is 0 Å². The Hall–Kier alpha value is -2.59. The molecule has 2 heterocycles. The van der Waals surface area contributed by atoms with E-state index in [9.17, 15) is 14.0 Å². The molecule has 1 atom stereocenters. The van der Waals surface area contributed by atoms with E-state index in [0.29, 0.717) is 49.5 Å². The molecule has 7 heteroatoms. The Kier molecular flexibility index (Phi) is 5.43. The molecule has 0 radical (unpaired) electrons. The third-order valence-electron chi connectivity index (χ3n) is 4.62. The van der Waals surface area contributed by atoms with Crippen LogP contribution in [0.4, 0.5) is 14.6 Å². The molecule has 0 aliphatic carbocycles. The summed E-state index contributed by atoms with van der Waals surface area (Å²) in [6.45, 7) is 5.32. The lowest BCUT2D eigenvalue weighted by Gasteiger charge is -2.34. The van der Waals surface area contributed by atoms with Crippen LogP contribution in [0.3, 0.4) is 0 Å². The fourth-order valence-electron chi connectivity index (χ4n) is 3.26. The van der Waals surface area contributed by atoms with Gasteiger partial charge in [-0.15, -0.1) is 5.10 Å². The molecule has 2 aromatic rings. The van der Waals surface area contributed by atoms with Crippen LogP contribution >= 0.6 is 0 Å². The van der Waals surface area contributed by atoms with Gasteiger partial charge in [0.2, 0.25) is 0 Å². The normalized spacial score (nSPS) is 17.2. The Morgan fingerprint density at radius 1 is 1.23 bits per heavy atom. The summed E-state index contributed by atoms with van der Waals surface area (Å²) in [5.74, 6) is -1.26. The van der Waals surface area contributed by atoms with Gasteiger partial charge >= 0.3 is 0 Å². The first kappa shape index (κ1) is 18.2. The highest BCUT2D eigenvalue weighted by Crippen LogP contribution is 2.29. The van der Waals surface area contributed by atoms with Gasteiger partial charge < -0.3 is 9.64 Å². The van der Waals surface area contributed by atoms with Gasteiger partial charge in [-0.05, 0) is 36.1 Å². The maximum absolute atomic E-state index is 13.5. The first-order valence-corrected chi connectivity index (χ1v) is 8.69. The van der Waals surface area contributed by atoms with E-state index in [2.05, 4.69) is 16.3 Å². The largest absolute Gasteiger partial charge is 0.370 e. The van der Waals surface area contributed by atoms with Crippen LogP contribution in [0.1, 0.15) is 42.3 Å². The number of aryl methyl sites for hydroxylation is 1. The lowest BCUT2D eigenvalue weighted by molar-refractivity contribution is 0.0392. The lowest BCUT2D eigenvalue weighted by Crippen LogP contribution is -2.39. The first-order valence-electron chi connectivity index (χ1n) is 8.69. The van der Waals surface area contributed by atoms with E-state index in [1.165, 1.54) is 6.07 Å². The number of anilines is 1. The number of benzene rings is 1. The summed E-state index contributed by atoms with van der Waals surface area (Å²) < 4.78 is 32.4. The van der Waals surface area contributed by atoms with Crippen molar-refractivity contribution in [2.24, 2.45) is 0 Å². The van der Waals surface area contributed by atoms with Gasteiger partial charge in [-0.2, -0.15) is 10.4 Å². The zero-order chi connectivity index (χ0) is 18.7. The van der Waals surface area contributed by atoms with Crippen molar-refractivity contribution >= 4 is 5.82 Å². The maximum atomic E-state index is 13.5. The average molecular weight is 358 g/mol. The van der Waals surface area contributed by atoms with Crippen molar-refractivity contribution in [1.29, 1.82) is 5.26 Å². The third-order valence-corrected chi connectivity index (χ3v) is 4.62. The Bertz CT molecular complexity index is 850. The van der Waals surface area contributed by atoms with Gasteiger partial charge in [0.15, 0.2) is 17.5 Å². The molecule has 136 valence electrons. The lowest BCUT2D eigenvalue weighted by atomic mass is 10.0. The Morgan fingerprint density at radius 2 is 2.04 bits per heavy atom. The Balaban J connectivity index is 1.92. The molecular weight excluding hydrogens is 338 g/mol. The predicted octanol–water partition coefficient (Wildman–Crippen LogP) is 3.33. The molecule has 3 rings (SSSR count). The smallest absolute Gasteiger partial charge is 0.169 e. The van der Waals surface area contributed by atoms with Crippen LogP contribution in [0.2, 0.25) is 0 Å². The molecule has 0 bridgehead atoms. The van der Waals surface area contributed by atoms with Crippen LogP contribution < -0.4 is 4.90 Å². The van der Waals surface area contributed by atoms with Crippen molar-refractivity contribution < 1.29 is 13.5 Å². The second-order valence-corrected chi connectivity index (χ2v) is 6.12. The van der Waals surface area contributed by atoms with E-state index < -0.39 is 17.7 Å². The van der Waals surface area contributed by atoms with Crippen LogP contribution in [-0.4, -0.2) is 29.9 Å². The number of hydrogen-bond acceptors (Lipinski definition) is 5. The van der Waals surface area contributed by atoms with Crippen molar-refractivity contribution in [1.82, 2.24) is 10.2 Å². The van der Waals surface area contributed by atoms with Gasteiger partial charge in [0.05, 0.1) is 12.3 Å². The van der Waals surface area contributed by atoms with Crippen LogP contribution in [0.5, 0.6) is 0 Å². The minimum absolute atomic E-state index is 0.392. The van der Waals surface area contributed by atoms with Gasteiger partial charge in [0.25, 0.3) is 0 Å². The van der Waals surface area contributed by atoms with Crippen molar-refractivity contribution in [2.45, 2.75) is 32.8 Å². The summed E-state index contributed by atoms with van der Waals surface area (Å²) >= 11 is 0. The van der Waals surface area contributed by atoms with E-state index in [1.807, 2.05) is 18.7 Å². The van der Waals surface area contributed by atoms with Crippen LogP contribution in [0.25, 0.3) is 0 Å². The number of nitrogens with zero attached hydrogens (tertiary/aromatic N) is 4. The van der Waals surface area contributed by atoms with E-state index >= 15 is 0 Å². The highest BCUT2D eigenvalue weighted by Gasteiger charge is 2.27. The predicted molar refractivity (Wildman–Crippen MR) is 92.8 cm³/mol. The van der Waals surface area contributed by atoms with Gasteiger partial charge in [0.1, 0.15) is 17.7 Å². The highest BCUT2D eigenvalue weighted by atomic mass is 19.2. The average Bonchev–Trinajstić information content (AvgIpc) is 2.68. The molecule has 0 spiro atoms. The molecule has 5 nitrogen and oxygen atoms in total. The highest BCUT2D eigenvalue weighted by molar-refractivity contribution is 5.58. The summed E-state index contributed by atoms with van der Waals surface area (Å²) in [5, 5.41) is 18.2. The fraction of sp³-hybridized carbons (Fsp3) is 0.421. The zero-order valence-electron chi connectivity index (χ0n) is 14.8. The van der Waals surface area contributed by atoms with Gasteiger partial charge in [0, 0.05) is 13.1 Å². The fourth-order valence-corrected chi connectivity index (χ4v) is 3.26. The van der Waals surface area contributed by atoms with Gasteiger partial charge in [-0.25, -0.2) is 8.78 Å². The summed E-state index contributed by atoms with van der Waals surface area (Å²) in [6.07, 6.45) is 0.986. The quantitative estimate of drug-likeness (QED) is 0.839. The van der Waals surface area contributed by atoms with Crippen LogP contribution in [-0.2, 0) is 17.6 Å². The Labute approximate surface area is 151 Å². The maximum Gasteiger partial charge on any atom is 0.169 e. The third kappa shape index (κ3) is 3.37. The van der Waals surface area contributed by atoms with Crippen LogP contribution in [0, 0.1) is 23.0 Å². The standard InChI is InChI=1S/C19H20F2N4O/c1-3-13-14(10-22)19(24-23-17(13)4-2)25-7-8-26-18(11-25)12-5-6-15(20)16(21)9-12/h5-6,9,18H,3-4,7-8,11H2,1-2H3. The molecule has 1 aromatic carbocycles. The second-order valence-electron chi connectivity index (χ2n) is 6.12. The van der Waals surface area contributed by atoms with Crippen molar-refractivity contribution in [3.8, 4) is 6.07 Å². The minimum atomic E-state index is -0.902. The number of ether oxygens (including phenoxy) is 1. The molecule has 1 aliphatic heterocycles. The molecular formula is C19H20F2N4O. The molecule has 1 saturated heterocycles. The number of aromatic nitrogens is 2. The summed E-state index contributed by atoms with van der Waals surface area (Å²) in [7, 11) is 0. The number of halogens is 2. The van der Waals surface area contributed by atoms with E-state index in [1.54, 1.807) is 0 Å². The summed E-state index contributed by atoms with van der Waals surface area (Å²) in [4.78, 5) is 1.93. The molecule has 1 unspecified atom stereocenters. The number of nitriles is 1. The van der Waals surface area contributed by atoms with Crippen molar-refractivity contribution in [2.75, 3.05) is 24.6 Å². The molecule has 0 amide bonds. The molecule has 26 heavy (non-hydrogen) atoms. The molecule has 0 saturated carbocycles. The topological polar surface area (TPSA) is 62.0 Å². The van der Waals surface area contributed by atoms with Gasteiger partial charge in [-0.3, -0.25) is 0 Å². The van der Waals surface area contributed by atoms with Gasteiger partial charge in [-0.1, -0.05) is 19.9 Å². The number of morpholine rings is 1. The number of rotatable bonds is 4. The van der Waals surface area contributed by atoms with E-state index in [-0.39, 0.29) is 0 Å². The van der Waals surface area contributed by atoms with E-state index in [4.69, 9.17) is 4.74 Å². The minimum Gasteiger partial charge on any atom is -0.370 e. The zero-order valence-corrected chi connectivity index (χ0v) is 14.8. The molecule has 0 N–H and O–H groups in total. The number of hydrogen-bond donors (Lipinski definition) is 0. The SMILES string of the molecule is CCc1nnc(N2CCOC(c3ccc(F)c(F)c3)C2)c(C#N)c1CC. The Morgan fingerprint density at radius 3 is 2.69 bits per heavy atom.